The van der Waals surface area contributed by atoms with Crippen LogP contribution in [-0.4, -0.2) is 51.2 Å². The first kappa shape index (κ1) is 23.3. The van der Waals surface area contributed by atoms with Crippen LogP contribution < -0.4 is 20.9 Å². The second-order valence-corrected chi connectivity index (χ2v) is 8.09. The van der Waals surface area contributed by atoms with Crippen LogP contribution in [0.3, 0.4) is 0 Å². The van der Waals surface area contributed by atoms with Crippen LogP contribution in [0.4, 0.5) is 17.1 Å². The number of carbonyl (C=O) groups is 2. The highest BCUT2D eigenvalue weighted by Gasteiger charge is 2.13. The van der Waals surface area contributed by atoms with Crippen LogP contribution in [0.1, 0.15) is 15.9 Å². The topological polar surface area (TPSA) is 82.7 Å². The molecule has 0 aliphatic carbocycles. The van der Waals surface area contributed by atoms with Gasteiger partial charge in [0.1, 0.15) is 0 Å². The summed E-state index contributed by atoms with van der Waals surface area (Å²) in [4.78, 5) is 27.4. The Balaban J connectivity index is 1.27. The predicted molar refractivity (Wildman–Crippen MR) is 136 cm³/mol. The van der Waals surface area contributed by atoms with E-state index in [0.717, 1.165) is 44.1 Å². The quantitative estimate of drug-likeness (QED) is 0.457. The number of morpholine rings is 1. The molecule has 0 bridgehead atoms. The first-order valence-electron chi connectivity index (χ1n) is 11.6. The zero-order valence-corrected chi connectivity index (χ0v) is 19.1. The van der Waals surface area contributed by atoms with Crippen LogP contribution in [0.15, 0.2) is 78.9 Å². The summed E-state index contributed by atoms with van der Waals surface area (Å²) in [6, 6.07) is 25.0. The Morgan fingerprint density at radius 1 is 0.853 bits per heavy atom. The number of rotatable bonds is 9. The molecule has 4 rings (SSSR count). The maximum absolute atomic E-state index is 12.7. The SMILES string of the molecule is O=C(CNc1ccccc1C(=O)NCCc1ccccc1)Nc1ccc(N2CCOCC2)cc1. The Hall–Kier alpha value is -3.84. The molecule has 2 amide bonds. The highest BCUT2D eigenvalue weighted by Crippen LogP contribution is 2.19. The molecule has 1 heterocycles. The highest BCUT2D eigenvalue weighted by atomic mass is 16.5. The molecule has 34 heavy (non-hydrogen) atoms. The molecule has 7 nitrogen and oxygen atoms in total. The van der Waals surface area contributed by atoms with E-state index >= 15 is 0 Å². The van der Waals surface area contributed by atoms with Gasteiger partial charge >= 0.3 is 0 Å². The lowest BCUT2D eigenvalue weighted by molar-refractivity contribution is -0.114. The van der Waals surface area contributed by atoms with Crippen molar-refractivity contribution in [3.63, 3.8) is 0 Å². The molecular weight excluding hydrogens is 428 g/mol. The van der Waals surface area contributed by atoms with E-state index in [2.05, 4.69) is 20.9 Å². The number of hydrogen-bond donors (Lipinski definition) is 3. The third-order valence-electron chi connectivity index (χ3n) is 5.68. The van der Waals surface area contributed by atoms with Gasteiger partial charge < -0.3 is 25.6 Å². The van der Waals surface area contributed by atoms with E-state index in [1.54, 1.807) is 12.1 Å². The number of carbonyl (C=O) groups excluding carboxylic acids is 2. The van der Waals surface area contributed by atoms with Gasteiger partial charge in [-0.1, -0.05) is 42.5 Å². The Morgan fingerprint density at radius 3 is 2.32 bits per heavy atom. The largest absolute Gasteiger partial charge is 0.378 e. The Bertz CT molecular complexity index is 1080. The average Bonchev–Trinajstić information content (AvgIpc) is 2.89. The number of anilines is 3. The zero-order chi connectivity index (χ0) is 23.6. The van der Waals surface area contributed by atoms with Gasteiger partial charge in [0, 0.05) is 36.7 Å². The molecule has 176 valence electrons. The second kappa shape index (κ2) is 11.9. The highest BCUT2D eigenvalue weighted by molar-refractivity contribution is 6.01. The van der Waals surface area contributed by atoms with Gasteiger partial charge in [-0.15, -0.1) is 0 Å². The fourth-order valence-electron chi connectivity index (χ4n) is 3.85. The smallest absolute Gasteiger partial charge is 0.253 e. The number of nitrogens with one attached hydrogen (secondary N) is 3. The van der Waals surface area contributed by atoms with Crippen molar-refractivity contribution < 1.29 is 14.3 Å². The lowest BCUT2D eigenvalue weighted by atomic mass is 10.1. The number of para-hydroxylation sites is 1. The summed E-state index contributed by atoms with van der Waals surface area (Å²) in [5, 5.41) is 8.94. The summed E-state index contributed by atoms with van der Waals surface area (Å²) >= 11 is 0. The Morgan fingerprint density at radius 2 is 1.56 bits per heavy atom. The molecule has 0 atom stereocenters. The minimum atomic E-state index is -0.182. The minimum Gasteiger partial charge on any atom is -0.378 e. The van der Waals surface area contributed by atoms with Gasteiger partial charge in [-0.05, 0) is 48.4 Å². The first-order chi connectivity index (χ1) is 16.7. The van der Waals surface area contributed by atoms with Crippen LogP contribution in [-0.2, 0) is 16.0 Å². The Kier molecular flexibility index (Phi) is 8.13. The van der Waals surface area contributed by atoms with E-state index in [4.69, 9.17) is 4.74 Å². The molecule has 3 N–H and O–H groups in total. The van der Waals surface area contributed by atoms with E-state index in [1.165, 1.54) is 5.56 Å². The van der Waals surface area contributed by atoms with Crippen LogP contribution in [0.2, 0.25) is 0 Å². The zero-order valence-electron chi connectivity index (χ0n) is 19.1. The van der Waals surface area contributed by atoms with Crippen molar-refractivity contribution >= 4 is 28.9 Å². The summed E-state index contributed by atoms with van der Waals surface area (Å²) < 4.78 is 5.39. The molecule has 0 aromatic heterocycles. The molecule has 0 radical (unpaired) electrons. The third-order valence-corrected chi connectivity index (χ3v) is 5.68. The minimum absolute atomic E-state index is 0.0551. The predicted octanol–water partition coefficient (Wildman–Crippen LogP) is 3.55. The van der Waals surface area contributed by atoms with Crippen molar-refractivity contribution in [2.75, 3.05) is 54.9 Å². The fraction of sp³-hybridized carbons (Fsp3) is 0.259. The standard InChI is InChI=1S/C27H30N4O3/c32-26(30-22-10-12-23(13-11-22)31-16-18-34-19-17-31)20-29-25-9-5-4-8-24(25)27(33)28-15-14-21-6-2-1-3-7-21/h1-13,29H,14-20H2,(H,28,33)(H,30,32). The van der Waals surface area contributed by atoms with Crippen LogP contribution in [0.5, 0.6) is 0 Å². The van der Waals surface area contributed by atoms with Gasteiger partial charge in [0.25, 0.3) is 5.91 Å². The molecule has 3 aromatic rings. The van der Waals surface area contributed by atoms with Crippen molar-refractivity contribution in [2.24, 2.45) is 0 Å². The van der Waals surface area contributed by atoms with Gasteiger partial charge in [-0.3, -0.25) is 9.59 Å². The van der Waals surface area contributed by atoms with Crippen LogP contribution >= 0.6 is 0 Å². The van der Waals surface area contributed by atoms with Crippen LogP contribution in [0, 0.1) is 0 Å². The molecule has 3 aromatic carbocycles. The molecule has 7 heteroatoms. The molecular formula is C27H30N4O3. The maximum atomic E-state index is 12.7. The summed E-state index contributed by atoms with van der Waals surface area (Å²) in [6.07, 6.45) is 0.759. The number of ether oxygens (including phenoxy) is 1. The van der Waals surface area contributed by atoms with Gasteiger partial charge in [0.2, 0.25) is 5.91 Å². The molecule has 1 aliphatic rings. The lowest BCUT2D eigenvalue weighted by Crippen LogP contribution is -2.36. The number of amides is 2. The van der Waals surface area contributed by atoms with Gasteiger partial charge in [0.15, 0.2) is 0 Å². The Labute approximate surface area is 200 Å². The van der Waals surface area contributed by atoms with Crippen LogP contribution in [0.25, 0.3) is 0 Å². The second-order valence-electron chi connectivity index (χ2n) is 8.09. The lowest BCUT2D eigenvalue weighted by Gasteiger charge is -2.28. The summed E-state index contributed by atoms with van der Waals surface area (Å²) in [5.74, 6) is -0.350. The summed E-state index contributed by atoms with van der Waals surface area (Å²) in [7, 11) is 0. The van der Waals surface area contributed by atoms with Crippen molar-refractivity contribution in [1.29, 1.82) is 0 Å². The normalized spacial score (nSPS) is 13.2. The van der Waals surface area contributed by atoms with Crippen molar-refractivity contribution in [1.82, 2.24) is 5.32 Å². The van der Waals surface area contributed by atoms with E-state index < -0.39 is 0 Å². The molecule has 0 saturated carbocycles. The van der Waals surface area contributed by atoms with Crippen molar-refractivity contribution in [2.45, 2.75) is 6.42 Å². The fourth-order valence-corrected chi connectivity index (χ4v) is 3.85. The molecule has 0 spiro atoms. The van der Waals surface area contributed by atoms with E-state index in [0.29, 0.717) is 17.8 Å². The average molecular weight is 459 g/mol. The number of hydrogen-bond acceptors (Lipinski definition) is 5. The maximum Gasteiger partial charge on any atom is 0.253 e. The van der Waals surface area contributed by atoms with Gasteiger partial charge in [-0.25, -0.2) is 0 Å². The monoisotopic (exact) mass is 458 g/mol. The third kappa shape index (κ3) is 6.59. The summed E-state index contributed by atoms with van der Waals surface area (Å²) in [6.45, 7) is 3.80. The van der Waals surface area contributed by atoms with Gasteiger partial charge in [-0.2, -0.15) is 0 Å². The molecule has 1 saturated heterocycles. The molecule has 1 aliphatic heterocycles. The number of benzene rings is 3. The molecule has 0 unspecified atom stereocenters. The number of nitrogens with zero attached hydrogens (tertiary/aromatic N) is 1. The molecule has 1 fully saturated rings. The summed E-state index contributed by atoms with van der Waals surface area (Å²) in [5.41, 5.74) is 4.15. The van der Waals surface area contributed by atoms with E-state index in [1.807, 2.05) is 66.7 Å². The van der Waals surface area contributed by atoms with Crippen molar-refractivity contribution in [3.8, 4) is 0 Å². The first-order valence-corrected chi connectivity index (χ1v) is 11.6. The van der Waals surface area contributed by atoms with E-state index in [-0.39, 0.29) is 18.4 Å². The van der Waals surface area contributed by atoms with E-state index in [9.17, 15) is 9.59 Å². The van der Waals surface area contributed by atoms with Gasteiger partial charge in [0.05, 0.1) is 25.3 Å². The van der Waals surface area contributed by atoms with Crippen molar-refractivity contribution in [3.05, 3.63) is 90.0 Å².